The van der Waals surface area contributed by atoms with Crippen molar-refractivity contribution in [3.63, 3.8) is 0 Å². The van der Waals surface area contributed by atoms with Crippen LogP contribution in [0.4, 0.5) is 5.69 Å². The van der Waals surface area contributed by atoms with E-state index in [0.29, 0.717) is 5.69 Å². The molecule has 7 heteroatoms. The van der Waals surface area contributed by atoms with E-state index in [9.17, 15) is 4.79 Å². The minimum Gasteiger partial charge on any atom is -0.375 e. The van der Waals surface area contributed by atoms with E-state index in [-0.39, 0.29) is 12.5 Å². The smallest absolute Gasteiger partial charge is 0.250 e. The number of nitrogens with zero attached hydrogens (tertiary/aromatic N) is 4. The Morgan fingerprint density at radius 1 is 1.50 bits per heavy atom. The standard InChI is InChI=1S/C11H13N5O2/c1-8-3-4-9(13-11(17)6-18-2)5-10(8)16-7-12-14-15-16/h3-5,7H,6H2,1-2H3,(H,13,17). The van der Waals surface area contributed by atoms with Crippen molar-refractivity contribution in [2.45, 2.75) is 6.92 Å². The van der Waals surface area contributed by atoms with Crippen molar-refractivity contribution < 1.29 is 9.53 Å². The average molecular weight is 247 g/mol. The minimum atomic E-state index is -0.205. The number of carbonyl (C=O) groups is 1. The van der Waals surface area contributed by atoms with Gasteiger partial charge in [0.1, 0.15) is 12.9 Å². The molecule has 0 unspecified atom stereocenters. The summed E-state index contributed by atoms with van der Waals surface area (Å²) >= 11 is 0. The van der Waals surface area contributed by atoms with Gasteiger partial charge in [-0.1, -0.05) is 6.07 Å². The molecular weight excluding hydrogens is 234 g/mol. The second-order valence-corrected chi connectivity index (χ2v) is 3.74. The molecule has 0 spiro atoms. The van der Waals surface area contributed by atoms with Crippen LogP contribution in [-0.2, 0) is 9.53 Å². The largest absolute Gasteiger partial charge is 0.375 e. The first-order valence-corrected chi connectivity index (χ1v) is 5.33. The highest BCUT2D eigenvalue weighted by Crippen LogP contribution is 2.18. The Kier molecular flexibility index (Phi) is 3.63. The van der Waals surface area contributed by atoms with Crippen LogP contribution < -0.4 is 5.32 Å². The fraction of sp³-hybridized carbons (Fsp3) is 0.273. The summed E-state index contributed by atoms with van der Waals surface area (Å²) in [5, 5.41) is 13.7. The van der Waals surface area contributed by atoms with E-state index in [1.54, 1.807) is 10.7 Å². The number of amides is 1. The van der Waals surface area contributed by atoms with Gasteiger partial charge in [0.2, 0.25) is 5.91 Å². The maximum atomic E-state index is 11.4. The van der Waals surface area contributed by atoms with Crippen molar-refractivity contribution in [1.82, 2.24) is 20.2 Å². The number of nitrogens with one attached hydrogen (secondary N) is 1. The van der Waals surface area contributed by atoms with Crippen LogP contribution in [0.5, 0.6) is 0 Å². The fourth-order valence-corrected chi connectivity index (χ4v) is 1.53. The Labute approximate surface area is 104 Å². The van der Waals surface area contributed by atoms with Gasteiger partial charge in [0, 0.05) is 12.8 Å². The number of hydrogen-bond donors (Lipinski definition) is 1. The van der Waals surface area contributed by atoms with E-state index in [2.05, 4.69) is 20.8 Å². The lowest BCUT2D eigenvalue weighted by atomic mass is 10.2. The molecule has 1 N–H and O–H groups in total. The summed E-state index contributed by atoms with van der Waals surface area (Å²) in [6, 6.07) is 5.51. The fourth-order valence-electron chi connectivity index (χ4n) is 1.53. The number of tetrazole rings is 1. The van der Waals surface area contributed by atoms with Crippen molar-refractivity contribution in [2.24, 2.45) is 0 Å². The number of aryl methyl sites for hydroxylation is 1. The molecule has 0 aliphatic rings. The van der Waals surface area contributed by atoms with E-state index in [1.165, 1.54) is 13.4 Å². The third kappa shape index (κ3) is 2.69. The maximum absolute atomic E-state index is 11.4. The molecule has 1 heterocycles. The summed E-state index contributed by atoms with van der Waals surface area (Å²) in [4.78, 5) is 11.4. The Morgan fingerprint density at radius 3 is 3.00 bits per heavy atom. The van der Waals surface area contributed by atoms with Gasteiger partial charge in [-0.15, -0.1) is 5.10 Å². The number of hydrogen-bond acceptors (Lipinski definition) is 5. The first-order chi connectivity index (χ1) is 8.70. The van der Waals surface area contributed by atoms with Crippen molar-refractivity contribution in [1.29, 1.82) is 0 Å². The van der Waals surface area contributed by atoms with Crippen LogP contribution >= 0.6 is 0 Å². The van der Waals surface area contributed by atoms with Gasteiger partial charge >= 0.3 is 0 Å². The third-order valence-corrected chi connectivity index (χ3v) is 2.36. The van der Waals surface area contributed by atoms with Gasteiger partial charge in [0.05, 0.1) is 5.69 Å². The van der Waals surface area contributed by atoms with Crippen molar-refractivity contribution in [2.75, 3.05) is 19.0 Å². The normalized spacial score (nSPS) is 10.3. The molecule has 2 aromatic rings. The Balaban J connectivity index is 2.24. The highest BCUT2D eigenvalue weighted by atomic mass is 16.5. The predicted octanol–water partition coefficient (Wildman–Crippen LogP) is 0.556. The summed E-state index contributed by atoms with van der Waals surface area (Å²) in [7, 11) is 1.47. The maximum Gasteiger partial charge on any atom is 0.250 e. The number of rotatable bonds is 4. The number of ether oxygens (including phenoxy) is 1. The molecule has 2 rings (SSSR count). The molecule has 0 saturated carbocycles. The zero-order valence-corrected chi connectivity index (χ0v) is 10.1. The molecule has 1 aromatic carbocycles. The molecule has 0 saturated heterocycles. The number of methoxy groups -OCH3 is 1. The molecule has 0 atom stereocenters. The van der Waals surface area contributed by atoms with E-state index in [4.69, 9.17) is 4.74 Å². The van der Waals surface area contributed by atoms with Crippen LogP contribution in [-0.4, -0.2) is 39.8 Å². The lowest BCUT2D eigenvalue weighted by molar-refractivity contribution is -0.119. The molecule has 0 aliphatic carbocycles. The van der Waals surface area contributed by atoms with Gasteiger partial charge < -0.3 is 10.1 Å². The molecule has 1 amide bonds. The molecule has 0 fully saturated rings. The van der Waals surface area contributed by atoms with Crippen LogP contribution in [0.1, 0.15) is 5.56 Å². The van der Waals surface area contributed by atoms with Gasteiger partial charge in [-0.2, -0.15) is 0 Å². The van der Waals surface area contributed by atoms with Crippen LogP contribution in [0.15, 0.2) is 24.5 Å². The van der Waals surface area contributed by atoms with Crippen LogP contribution in [0.3, 0.4) is 0 Å². The summed E-state index contributed by atoms with van der Waals surface area (Å²) in [6.45, 7) is 1.96. The minimum absolute atomic E-state index is 0.0219. The van der Waals surface area contributed by atoms with Crippen LogP contribution in [0.2, 0.25) is 0 Å². The Bertz CT molecular complexity index is 538. The number of benzene rings is 1. The molecule has 0 radical (unpaired) electrons. The van der Waals surface area contributed by atoms with E-state index >= 15 is 0 Å². The van der Waals surface area contributed by atoms with Crippen molar-refractivity contribution in [3.05, 3.63) is 30.1 Å². The summed E-state index contributed by atoms with van der Waals surface area (Å²) in [5.41, 5.74) is 2.50. The monoisotopic (exact) mass is 247 g/mol. The first kappa shape index (κ1) is 12.2. The van der Waals surface area contributed by atoms with Crippen molar-refractivity contribution >= 4 is 11.6 Å². The lowest BCUT2D eigenvalue weighted by Crippen LogP contribution is -2.17. The third-order valence-electron chi connectivity index (χ3n) is 2.36. The van der Waals surface area contributed by atoms with Crippen LogP contribution in [0.25, 0.3) is 5.69 Å². The average Bonchev–Trinajstić information content (AvgIpc) is 2.85. The number of anilines is 1. The lowest BCUT2D eigenvalue weighted by Gasteiger charge is -2.09. The molecule has 0 aliphatic heterocycles. The molecule has 1 aromatic heterocycles. The quantitative estimate of drug-likeness (QED) is 0.853. The Hall–Kier alpha value is -2.28. The molecule has 18 heavy (non-hydrogen) atoms. The zero-order chi connectivity index (χ0) is 13.0. The van der Waals surface area contributed by atoms with Crippen LogP contribution in [0, 0.1) is 6.92 Å². The predicted molar refractivity (Wildman–Crippen MR) is 64.4 cm³/mol. The molecular formula is C11H13N5O2. The second-order valence-electron chi connectivity index (χ2n) is 3.74. The van der Waals surface area contributed by atoms with Crippen molar-refractivity contribution in [3.8, 4) is 5.69 Å². The van der Waals surface area contributed by atoms with Gasteiger partial charge in [0.15, 0.2) is 0 Å². The van der Waals surface area contributed by atoms with E-state index in [1.807, 2.05) is 19.1 Å². The van der Waals surface area contributed by atoms with E-state index < -0.39 is 0 Å². The SMILES string of the molecule is COCC(=O)Nc1ccc(C)c(-n2cnnn2)c1. The number of aromatic nitrogens is 4. The summed E-state index contributed by atoms with van der Waals surface area (Å²) in [5.74, 6) is -0.205. The molecule has 0 bridgehead atoms. The first-order valence-electron chi connectivity index (χ1n) is 5.33. The highest BCUT2D eigenvalue weighted by molar-refractivity contribution is 5.92. The van der Waals surface area contributed by atoms with E-state index in [0.717, 1.165) is 11.3 Å². The van der Waals surface area contributed by atoms with Gasteiger partial charge in [-0.25, -0.2) is 4.68 Å². The van der Waals surface area contributed by atoms with Gasteiger partial charge in [-0.3, -0.25) is 4.79 Å². The zero-order valence-electron chi connectivity index (χ0n) is 10.1. The highest BCUT2D eigenvalue weighted by Gasteiger charge is 2.06. The summed E-state index contributed by atoms with van der Waals surface area (Å²) in [6.07, 6.45) is 1.50. The number of carbonyl (C=O) groups excluding carboxylic acids is 1. The van der Waals surface area contributed by atoms with Gasteiger partial charge in [0.25, 0.3) is 0 Å². The summed E-state index contributed by atoms with van der Waals surface area (Å²) < 4.78 is 6.30. The molecule has 94 valence electrons. The molecule has 7 nitrogen and oxygen atoms in total. The van der Waals surface area contributed by atoms with Gasteiger partial charge in [-0.05, 0) is 35.0 Å². The second kappa shape index (κ2) is 5.37. The topological polar surface area (TPSA) is 81.9 Å². The Morgan fingerprint density at radius 2 is 2.33 bits per heavy atom.